The molecule has 1 aliphatic heterocycles. The summed E-state index contributed by atoms with van der Waals surface area (Å²) < 4.78 is 0. The van der Waals surface area contributed by atoms with Gasteiger partial charge >= 0.3 is 0 Å². The van der Waals surface area contributed by atoms with Gasteiger partial charge in [0.25, 0.3) is 0 Å². The number of likely N-dealkylation sites (tertiary alicyclic amines) is 1. The minimum absolute atomic E-state index is 0.174. The first-order valence-electron chi connectivity index (χ1n) is 6.45. The Kier molecular flexibility index (Phi) is 4.86. The fraction of sp³-hybridized carbons (Fsp3) is 0.692. The van der Waals surface area contributed by atoms with E-state index in [1.54, 1.807) is 23.1 Å². The van der Waals surface area contributed by atoms with Crippen LogP contribution in [0.15, 0.2) is 5.38 Å². The third-order valence-corrected chi connectivity index (χ3v) is 5.11. The number of aliphatic hydroxyl groups is 1. The van der Waals surface area contributed by atoms with Crippen molar-refractivity contribution < 1.29 is 9.90 Å². The number of carbonyl (C=O) groups is 1. The van der Waals surface area contributed by atoms with Gasteiger partial charge in [0.05, 0.1) is 22.1 Å². The summed E-state index contributed by atoms with van der Waals surface area (Å²) in [7, 11) is 0. The van der Waals surface area contributed by atoms with Crippen LogP contribution in [0.5, 0.6) is 0 Å². The molecular formula is C13H20N2O2S2. The molecule has 0 saturated carbocycles. The molecule has 0 aliphatic carbocycles. The zero-order chi connectivity index (χ0) is 13.9. The maximum absolute atomic E-state index is 12.0. The van der Waals surface area contributed by atoms with Gasteiger partial charge in [0, 0.05) is 24.2 Å². The summed E-state index contributed by atoms with van der Waals surface area (Å²) in [4.78, 5) is 18.2. The first-order chi connectivity index (χ1) is 8.96. The summed E-state index contributed by atoms with van der Waals surface area (Å²) in [5.74, 6) is 1.47. The highest BCUT2D eigenvalue weighted by Crippen LogP contribution is 2.22. The third-order valence-electron chi connectivity index (χ3n) is 3.34. The number of amides is 1. The second-order valence-electron chi connectivity index (χ2n) is 5.23. The second-order valence-corrected chi connectivity index (χ2v) is 7.28. The quantitative estimate of drug-likeness (QED) is 0.925. The summed E-state index contributed by atoms with van der Waals surface area (Å²) in [6.07, 6.45) is 1.35. The molecule has 0 spiro atoms. The van der Waals surface area contributed by atoms with Crippen molar-refractivity contribution in [1.29, 1.82) is 0 Å². The molecule has 0 unspecified atom stereocenters. The Morgan fingerprint density at radius 3 is 2.84 bits per heavy atom. The van der Waals surface area contributed by atoms with E-state index in [2.05, 4.69) is 4.98 Å². The molecule has 6 heteroatoms. The lowest BCUT2D eigenvalue weighted by atomic mass is 9.94. The topological polar surface area (TPSA) is 53.4 Å². The van der Waals surface area contributed by atoms with Crippen LogP contribution in [0, 0.1) is 6.92 Å². The summed E-state index contributed by atoms with van der Waals surface area (Å²) in [5, 5.41) is 13.0. The van der Waals surface area contributed by atoms with E-state index in [1.807, 2.05) is 24.1 Å². The predicted octanol–water partition coefficient (Wildman–Crippen LogP) is 2.06. The predicted molar refractivity (Wildman–Crippen MR) is 79.5 cm³/mol. The van der Waals surface area contributed by atoms with Crippen molar-refractivity contribution in [3.63, 3.8) is 0 Å². The maximum Gasteiger partial charge on any atom is 0.232 e. The van der Waals surface area contributed by atoms with E-state index >= 15 is 0 Å². The molecule has 1 amide bonds. The first kappa shape index (κ1) is 14.8. The number of hydrogen-bond donors (Lipinski definition) is 1. The number of carbonyl (C=O) groups excluding carboxylic acids is 1. The smallest absolute Gasteiger partial charge is 0.232 e. The lowest BCUT2D eigenvalue weighted by molar-refractivity contribution is -0.132. The molecule has 4 nitrogen and oxygen atoms in total. The van der Waals surface area contributed by atoms with Crippen molar-refractivity contribution in [3.05, 3.63) is 16.1 Å². The maximum atomic E-state index is 12.0. The molecule has 1 N–H and O–H groups in total. The Balaban J connectivity index is 1.70. The fourth-order valence-corrected chi connectivity index (χ4v) is 3.58. The number of thiazole rings is 1. The van der Waals surface area contributed by atoms with Gasteiger partial charge in [0.1, 0.15) is 0 Å². The normalized spacial score (nSPS) is 18.6. The highest BCUT2D eigenvalue weighted by atomic mass is 32.2. The molecule has 106 valence electrons. The first-order valence-corrected chi connectivity index (χ1v) is 8.49. The van der Waals surface area contributed by atoms with Crippen molar-refractivity contribution in [1.82, 2.24) is 9.88 Å². The molecule has 2 heterocycles. The Labute approximate surface area is 122 Å². The summed E-state index contributed by atoms with van der Waals surface area (Å²) in [6, 6.07) is 0. The standard InChI is InChI=1S/C13H20N2O2S2/c1-10-14-11(8-19-10)7-18-9-12(16)15-5-3-13(2,17)4-6-15/h8,17H,3-7,9H2,1-2H3. The zero-order valence-corrected chi connectivity index (χ0v) is 13.0. The second kappa shape index (κ2) is 6.24. The van der Waals surface area contributed by atoms with E-state index in [0.29, 0.717) is 31.7 Å². The van der Waals surface area contributed by atoms with Crippen LogP contribution in [0.25, 0.3) is 0 Å². The zero-order valence-electron chi connectivity index (χ0n) is 11.4. The number of rotatable bonds is 4. The number of piperidine rings is 1. The highest BCUT2D eigenvalue weighted by molar-refractivity contribution is 7.99. The lowest BCUT2D eigenvalue weighted by Crippen LogP contribution is -2.45. The minimum atomic E-state index is -0.595. The van der Waals surface area contributed by atoms with Gasteiger partial charge in [-0.2, -0.15) is 0 Å². The minimum Gasteiger partial charge on any atom is -0.390 e. The molecule has 0 aromatic carbocycles. The van der Waals surface area contributed by atoms with Crippen LogP contribution in [0.4, 0.5) is 0 Å². The summed E-state index contributed by atoms with van der Waals surface area (Å²) >= 11 is 3.26. The van der Waals surface area contributed by atoms with Crippen molar-refractivity contribution in [2.45, 2.75) is 38.0 Å². The molecule has 0 bridgehead atoms. The molecule has 1 aliphatic rings. The molecule has 0 atom stereocenters. The van der Waals surface area contributed by atoms with Gasteiger partial charge in [-0.25, -0.2) is 4.98 Å². The van der Waals surface area contributed by atoms with Gasteiger partial charge < -0.3 is 10.0 Å². The van der Waals surface area contributed by atoms with Crippen molar-refractivity contribution in [3.8, 4) is 0 Å². The van der Waals surface area contributed by atoms with Gasteiger partial charge in [0.15, 0.2) is 0 Å². The molecule has 2 rings (SSSR count). The van der Waals surface area contributed by atoms with Crippen LogP contribution < -0.4 is 0 Å². The highest BCUT2D eigenvalue weighted by Gasteiger charge is 2.29. The van der Waals surface area contributed by atoms with Crippen molar-refractivity contribution in [2.24, 2.45) is 0 Å². The fourth-order valence-electron chi connectivity index (χ4n) is 2.05. The van der Waals surface area contributed by atoms with Gasteiger partial charge in [-0.15, -0.1) is 23.1 Å². The SMILES string of the molecule is Cc1nc(CSCC(=O)N2CCC(C)(O)CC2)cs1. The molecule has 1 aromatic rings. The van der Waals surface area contributed by atoms with E-state index < -0.39 is 5.60 Å². The van der Waals surface area contributed by atoms with Crippen molar-refractivity contribution >= 4 is 29.0 Å². The molecular weight excluding hydrogens is 280 g/mol. The van der Waals surface area contributed by atoms with Crippen LogP contribution in [0.2, 0.25) is 0 Å². The third kappa shape index (κ3) is 4.47. The Bertz CT molecular complexity index is 436. The van der Waals surface area contributed by atoms with E-state index in [0.717, 1.165) is 16.5 Å². The molecule has 1 fully saturated rings. The molecule has 19 heavy (non-hydrogen) atoms. The number of thioether (sulfide) groups is 1. The van der Waals surface area contributed by atoms with E-state index in [1.165, 1.54) is 0 Å². The Hall–Kier alpha value is -0.590. The van der Waals surface area contributed by atoms with Crippen molar-refractivity contribution in [2.75, 3.05) is 18.8 Å². The van der Waals surface area contributed by atoms with Gasteiger partial charge in [0.2, 0.25) is 5.91 Å². The largest absolute Gasteiger partial charge is 0.390 e. The van der Waals surface area contributed by atoms with Crippen LogP contribution >= 0.6 is 23.1 Å². The molecule has 0 radical (unpaired) electrons. The summed E-state index contributed by atoms with van der Waals surface area (Å²) in [6.45, 7) is 5.17. The summed E-state index contributed by atoms with van der Waals surface area (Å²) in [5.41, 5.74) is 0.462. The van der Waals surface area contributed by atoms with E-state index in [9.17, 15) is 9.90 Å². The number of aryl methyl sites for hydroxylation is 1. The Morgan fingerprint density at radius 1 is 1.58 bits per heavy atom. The number of aromatic nitrogens is 1. The van der Waals surface area contributed by atoms with Crippen LogP contribution in [0.1, 0.15) is 30.5 Å². The molecule has 1 aromatic heterocycles. The van der Waals surface area contributed by atoms with E-state index in [4.69, 9.17) is 0 Å². The van der Waals surface area contributed by atoms with E-state index in [-0.39, 0.29) is 5.91 Å². The van der Waals surface area contributed by atoms with Gasteiger partial charge in [-0.3, -0.25) is 4.79 Å². The Morgan fingerprint density at radius 2 is 2.26 bits per heavy atom. The van der Waals surface area contributed by atoms with Crippen LogP contribution in [0.3, 0.4) is 0 Å². The monoisotopic (exact) mass is 300 g/mol. The molecule has 1 saturated heterocycles. The number of hydrogen-bond acceptors (Lipinski definition) is 5. The van der Waals surface area contributed by atoms with Crippen LogP contribution in [-0.4, -0.2) is 45.3 Å². The lowest BCUT2D eigenvalue weighted by Gasteiger charge is -2.35. The van der Waals surface area contributed by atoms with Crippen LogP contribution in [-0.2, 0) is 10.5 Å². The average Bonchev–Trinajstić information content (AvgIpc) is 2.75. The number of nitrogens with zero attached hydrogens (tertiary/aromatic N) is 2. The van der Waals surface area contributed by atoms with Gasteiger partial charge in [-0.1, -0.05) is 0 Å². The average molecular weight is 300 g/mol. The van der Waals surface area contributed by atoms with Gasteiger partial charge in [-0.05, 0) is 26.7 Å².